The molecule has 1 aliphatic rings. The summed E-state index contributed by atoms with van der Waals surface area (Å²) < 4.78 is 11.7. The van der Waals surface area contributed by atoms with Crippen LogP contribution in [0.2, 0.25) is 0 Å². The number of hydrogen-bond donors (Lipinski definition) is 0. The molecule has 0 aromatic heterocycles. The number of ether oxygens (including phenoxy) is 2. The highest BCUT2D eigenvalue weighted by atomic mass is 16.5. The van der Waals surface area contributed by atoms with Gasteiger partial charge in [0.2, 0.25) is 0 Å². The molecule has 1 heterocycles. The molecule has 4 heteroatoms. The van der Waals surface area contributed by atoms with E-state index in [2.05, 4.69) is 0 Å². The van der Waals surface area contributed by atoms with Crippen molar-refractivity contribution in [2.24, 2.45) is 5.41 Å². The maximum atomic E-state index is 12.2. The highest BCUT2D eigenvalue weighted by molar-refractivity contribution is 5.84. The molecule has 1 saturated heterocycles. The second-order valence-corrected chi connectivity index (χ2v) is 7.54. The molecular formula is C20H28O4. The Morgan fingerprint density at radius 1 is 1.21 bits per heavy atom. The predicted octanol–water partition coefficient (Wildman–Crippen LogP) is 3.72. The van der Waals surface area contributed by atoms with E-state index >= 15 is 0 Å². The Morgan fingerprint density at radius 2 is 1.92 bits per heavy atom. The largest absolute Gasteiger partial charge is 0.374 e. The number of carbonyl (C=O) groups excluding carboxylic acids is 2. The Hall–Kier alpha value is -1.52. The van der Waals surface area contributed by atoms with Gasteiger partial charge in [-0.1, -0.05) is 51.1 Å². The summed E-state index contributed by atoms with van der Waals surface area (Å²) in [5.74, 6) is 0.361. The molecule has 0 spiro atoms. The smallest absolute Gasteiger partial charge is 0.140 e. The molecule has 1 aliphatic heterocycles. The van der Waals surface area contributed by atoms with Crippen LogP contribution in [0.15, 0.2) is 30.3 Å². The van der Waals surface area contributed by atoms with Crippen LogP contribution in [0.4, 0.5) is 0 Å². The average molecular weight is 332 g/mol. The number of benzene rings is 1. The Kier molecular flexibility index (Phi) is 6.69. The van der Waals surface area contributed by atoms with Crippen molar-refractivity contribution in [3.05, 3.63) is 35.9 Å². The average Bonchev–Trinajstić information content (AvgIpc) is 2.69. The lowest BCUT2D eigenvalue weighted by Gasteiger charge is -2.24. The van der Waals surface area contributed by atoms with Crippen LogP contribution in [0.25, 0.3) is 0 Å². The fourth-order valence-electron chi connectivity index (χ4n) is 2.71. The van der Waals surface area contributed by atoms with Crippen LogP contribution >= 0.6 is 0 Å². The number of rotatable bonds is 6. The molecule has 1 fully saturated rings. The Morgan fingerprint density at radius 3 is 2.58 bits per heavy atom. The fraction of sp³-hybridized carbons (Fsp3) is 0.600. The van der Waals surface area contributed by atoms with E-state index in [1.165, 1.54) is 0 Å². The van der Waals surface area contributed by atoms with Gasteiger partial charge in [0, 0.05) is 24.7 Å². The van der Waals surface area contributed by atoms with Gasteiger partial charge in [0.1, 0.15) is 11.6 Å². The predicted molar refractivity (Wildman–Crippen MR) is 92.7 cm³/mol. The van der Waals surface area contributed by atoms with E-state index in [-0.39, 0.29) is 29.2 Å². The molecule has 0 aliphatic carbocycles. The summed E-state index contributed by atoms with van der Waals surface area (Å²) in [6.45, 7) is 6.62. The van der Waals surface area contributed by atoms with Gasteiger partial charge in [0.05, 0.1) is 25.4 Å². The Balaban J connectivity index is 1.86. The molecule has 0 unspecified atom stereocenters. The summed E-state index contributed by atoms with van der Waals surface area (Å²) in [6, 6.07) is 9.91. The Labute approximate surface area is 144 Å². The molecule has 0 amide bonds. The van der Waals surface area contributed by atoms with E-state index in [4.69, 9.17) is 9.47 Å². The van der Waals surface area contributed by atoms with Crippen LogP contribution in [-0.4, -0.2) is 30.4 Å². The van der Waals surface area contributed by atoms with Crippen LogP contribution in [0.3, 0.4) is 0 Å². The number of carbonyl (C=O) groups is 2. The van der Waals surface area contributed by atoms with Gasteiger partial charge >= 0.3 is 0 Å². The monoisotopic (exact) mass is 332 g/mol. The van der Waals surface area contributed by atoms with Crippen LogP contribution in [0.1, 0.15) is 52.0 Å². The minimum atomic E-state index is -0.376. The molecule has 2 rings (SSSR count). The quantitative estimate of drug-likeness (QED) is 0.797. The third-order valence-corrected chi connectivity index (χ3v) is 4.25. The van der Waals surface area contributed by atoms with E-state index < -0.39 is 0 Å². The van der Waals surface area contributed by atoms with Gasteiger partial charge in [-0.15, -0.1) is 0 Å². The van der Waals surface area contributed by atoms with Crippen LogP contribution in [0, 0.1) is 5.41 Å². The molecule has 0 radical (unpaired) electrons. The topological polar surface area (TPSA) is 52.6 Å². The van der Waals surface area contributed by atoms with E-state index in [0.717, 1.165) is 5.56 Å². The van der Waals surface area contributed by atoms with Crippen molar-refractivity contribution in [3.8, 4) is 0 Å². The van der Waals surface area contributed by atoms with Crippen molar-refractivity contribution in [1.82, 2.24) is 0 Å². The second kappa shape index (κ2) is 8.54. The summed E-state index contributed by atoms with van der Waals surface area (Å²) in [7, 11) is 0. The van der Waals surface area contributed by atoms with Gasteiger partial charge in [0.25, 0.3) is 0 Å². The summed E-state index contributed by atoms with van der Waals surface area (Å²) in [5, 5.41) is 0. The molecule has 0 saturated carbocycles. The van der Waals surface area contributed by atoms with Gasteiger partial charge in [0.15, 0.2) is 0 Å². The van der Waals surface area contributed by atoms with Crippen molar-refractivity contribution in [2.45, 2.75) is 65.3 Å². The second-order valence-electron chi connectivity index (χ2n) is 7.54. The van der Waals surface area contributed by atoms with Gasteiger partial charge < -0.3 is 9.47 Å². The van der Waals surface area contributed by atoms with Crippen LogP contribution < -0.4 is 0 Å². The van der Waals surface area contributed by atoms with E-state index in [9.17, 15) is 9.59 Å². The first-order chi connectivity index (χ1) is 11.3. The first-order valence-electron chi connectivity index (χ1n) is 8.66. The number of ketones is 2. The molecule has 1 aromatic carbocycles. The maximum absolute atomic E-state index is 12.2. The number of hydrogen-bond acceptors (Lipinski definition) is 4. The Bertz CT molecular complexity index is 545. The first kappa shape index (κ1) is 18.8. The molecule has 1 aromatic rings. The minimum absolute atomic E-state index is 0.172. The van der Waals surface area contributed by atoms with E-state index in [1.54, 1.807) is 0 Å². The molecule has 24 heavy (non-hydrogen) atoms. The zero-order valence-electron chi connectivity index (χ0n) is 14.9. The van der Waals surface area contributed by atoms with Gasteiger partial charge in [-0.25, -0.2) is 0 Å². The zero-order valence-corrected chi connectivity index (χ0v) is 14.9. The van der Waals surface area contributed by atoms with Gasteiger partial charge in [-0.05, 0) is 12.0 Å². The fourth-order valence-corrected chi connectivity index (χ4v) is 2.71. The first-order valence-corrected chi connectivity index (χ1v) is 8.66. The van der Waals surface area contributed by atoms with Crippen molar-refractivity contribution >= 4 is 11.6 Å². The zero-order chi connectivity index (χ0) is 17.6. The van der Waals surface area contributed by atoms with Crippen molar-refractivity contribution in [1.29, 1.82) is 0 Å². The van der Waals surface area contributed by atoms with Crippen LogP contribution in [-0.2, 0) is 25.7 Å². The number of Topliss-reactive ketones (excluding diaryl/α,β-unsaturated/α-hetero) is 2. The summed E-state index contributed by atoms with van der Waals surface area (Å²) in [4.78, 5) is 24.2. The van der Waals surface area contributed by atoms with Gasteiger partial charge in [-0.2, -0.15) is 0 Å². The molecule has 132 valence electrons. The standard InChI is InChI=1S/C20H28O4/c1-20(2,3)19(22)12-17-10-9-16(21)11-18(24-17)14-23-13-15-7-5-4-6-8-15/h4-8,17-18H,9-14H2,1-3H3/t17-,18-/m0/s1. The summed E-state index contributed by atoms with van der Waals surface area (Å²) >= 11 is 0. The molecular weight excluding hydrogens is 304 g/mol. The molecule has 0 bridgehead atoms. The van der Waals surface area contributed by atoms with Gasteiger partial charge in [-0.3, -0.25) is 9.59 Å². The van der Waals surface area contributed by atoms with Crippen molar-refractivity contribution < 1.29 is 19.1 Å². The molecule has 2 atom stereocenters. The SMILES string of the molecule is CC(C)(C)C(=O)C[C@@H]1CCC(=O)C[C@@H](COCc2ccccc2)O1. The van der Waals surface area contributed by atoms with Crippen molar-refractivity contribution in [3.63, 3.8) is 0 Å². The lowest BCUT2D eigenvalue weighted by atomic mass is 9.87. The molecule has 0 N–H and O–H groups in total. The van der Waals surface area contributed by atoms with E-state index in [1.807, 2.05) is 51.1 Å². The normalized spacial score (nSPS) is 22.2. The minimum Gasteiger partial charge on any atom is -0.374 e. The van der Waals surface area contributed by atoms with Crippen LogP contribution in [0.5, 0.6) is 0 Å². The highest BCUT2D eigenvalue weighted by Crippen LogP contribution is 2.24. The summed E-state index contributed by atoms with van der Waals surface area (Å²) in [6.07, 6.45) is 1.39. The maximum Gasteiger partial charge on any atom is 0.140 e. The highest BCUT2D eigenvalue weighted by Gasteiger charge is 2.30. The summed E-state index contributed by atoms with van der Waals surface area (Å²) in [5.41, 5.74) is 0.718. The third kappa shape index (κ3) is 6.17. The van der Waals surface area contributed by atoms with Crippen molar-refractivity contribution in [2.75, 3.05) is 6.61 Å². The lowest BCUT2D eigenvalue weighted by Crippen LogP contribution is -2.30. The lowest BCUT2D eigenvalue weighted by molar-refractivity contribution is -0.131. The third-order valence-electron chi connectivity index (χ3n) is 4.25. The van der Waals surface area contributed by atoms with E-state index in [0.29, 0.717) is 38.9 Å². The molecule has 4 nitrogen and oxygen atoms in total.